The van der Waals surface area contributed by atoms with Crippen molar-refractivity contribution in [3.05, 3.63) is 29.8 Å². The molecule has 0 bridgehead atoms. The van der Waals surface area contributed by atoms with Crippen molar-refractivity contribution in [1.29, 1.82) is 0 Å². The first-order valence-corrected chi connectivity index (χ1v) is 9.61. The summed E-state index contributed by atoms with van der Waals surface area (Å²) in [5, 5.41) is 10.6. The Balaban J connectivity index is 1.78. The first-order chi connectivity index (χ1) is 13.8. The number of hydrogen-bond acceptors (Lipinski definition) is 6. The van der Waals surface area contributed by atoms with Crippen molar-refractivity contribution in [3.63, 3.8) is 0 Å². The van der Waals surface area contributed by atoms with Crippen molar-refractivity contribution in [1.82, 2.24) is 9.80 Å². The third kappa shape index (κ3) is 4.09. The molecule has 2 unspecified atom stereocenters. The fraction of sp³-hybridized carbons (Fsp3) is 0.500. The molecule has 3 rings (SSSR count). The Labute approximate surface area is 169 Å². The summed E-state index contributed by atoms with van der Waals surface area (Å²) in [5.74, 6) is 0.584. The van der Waals surface area contributed by atoms with Crippen LogP contribution in [0.1, 0.15) is 18.9 Å². The molecule has 1 aromatic carbocycles. The fourth-order valence-corrected chi connectivity index (χ4v) is 3.25. The van der Waals surface area contributed by atoms with Crippen LogP contribution in [0, 0.1) is 6.92 Å². The first-order valence-electron chi connectivity index (χ1n) is 9.61. The summed E-state index contributed by atoms with van der Waals surface area (Å²) < 4.78 is 13.0. The van der Waals surface area contributed by atoms with E-state index in [1.807, 2.05) is 38.1 Å². The number of ether oxygens (including phenoxy) is 2. The lowest BCUT2D eigenvalue weighted by atomic mass is 10.1. The Morgan fingerprint density at radius 3 is 2.62 bits per heavy atom. The standard InChI is InChI=1S/C20H27N4O5/c1-5-10-28-19-21-17-16(18(26)23(4)20(27)22(17)3)24(19)11-14(25)12-29-15-9-7-6-8-13(15)2/h6-9,14,16,25H,5,10-12H2,1-4H3/q+1. The second kappa shape index (κ2) is 8.60. The Kier molecular flexibility index (Phi) is 6.17. The van der Waals surface area contributed by atoms with Gasteiger partial charge in [-0.3, -0.25) is 14.6 Å². The van der Waals surface area contributed by atoms with Crippen molar-refractivity contribution in [2.75, 3.05) is 33.9 Å². The number of likely N-dealkylation sites (N-methyl/N-ethyl adjacent to an activating group) is 2. The van der Waals surface area contributed by atoms with Crippen LogP contribution in [0.15, 0.2) is 29.3 Å². The zero-order valence-corrected chi connectivity index (χ0v) is 17.2. The monoisotopic (exact) mass is 403 g/mol. The molecule has 2 heterocycles. The summed E-state index contributed by atoms with van der Waals surface area (Å²) in [5.41, 5.74) is 0.967. The summed E-state index contributed by atoms with van der Waals surface area (Å²) in [6.07, 6.45) is -0.139. The summed E-state index contributed by atoms with van der Waals surface area (Å²) in [4.78, 5) is 31.8. The number of aliphatic hydroxyl groups excluding tert-OH is 1. The van der Waals surface area contributed by atoms with Gasteiger partial charge < -0.3 is 14.6 Å². The van der Waals surface area contributed by atoms with E-state index in [-0.39, 0.29) is 19.2 Å². The molecule has 0 spiro atoms. The van der Waals surface area contributed by atoms with E-state index in [1.165, 1.54) is 11.9 Å². The summed E-state index contributed by atoms with van der Waals surface area (Å²) in [6.45, 7) is 4.41. The molecule has 0 aliphatic carbocycles. The van der Waals surface area contributed by atoms with Crippen LogP contribution in [-0.4, -0.2) is 89.3 Å². The first kappa shape index (κ1) is 20.8. The number of aliphatic hydroxyl groups is 1. The minimum absolute atomic E-state index is 0.0449. The summed E-state index contributed by atoms with van der Waals surface area (Å²) in [7, 11) is 2.99. The van der Waals surface area contributed by atoms with Gasteiger partial charge in [0.25, 0.3) is 17.8 Å². The van der Waals surface area contributed by atoms with Crippen molar-refractivity contribution in [3.8, 4) is 5.75 Å². The van der Waals surface area contributed by atoms with Crippen LogP contribution in [0.5, 0.6) is 5.75 Å². The van der Waals surface area contributed by atoms with Crippen LogP contribution < -0.4 is 4.74 Å². The SMILES string of the molecule is CCCOC1=[N+](CC(O)COc2ccccc2C)C2C(=O)N(C)C(=O)N(C)C2=N1. The van der Waals surface area contributed by atoms with Crippen LogP contribution in [0.4, 0.5) is 4.79 Å². The second-order valence-corrected chi connectivity index (χ2v) is 7.13. The number of aliphatic imine (C=N–C) groups is 1. The average Bonchev–Trinajstić information content (AvgIpc) is 3.06. The van der Waals surface area contributed by atoms with E-state index in [0.29, 0.717) is 18.2 Å². The fourth-order valence-electron chi connectivity index (χ4n) is 3.25. The van der Waals surface area contributed by atoms with Gasteiger partial charge in [0.05, 0.1) is 6.61 Å². The van der Waals surface area contributed by atoms with Crippen molar-refractivity contribution in [2.24, 2.45) is 4.99 Å². The molecular weight excluding hydrogens is 376 g/mol. The Morgan fingerprint density at radius 2 is 1.93 bits per heavy atom. The van der Waals surface area contributed by atoms with Crippen molar-refractivity contribution < 1.29 is 28.7 Å². The normalized spacial score (nSPS) is 20.0. The van der Waals surface area contributed by atoms with Crippen LogP contribution in [0.3, 0.4) is 0 Å². The highest BCUT2D eigenvalue weighted by molar-refractivity contribution is 6.22. The minimum atomic E-state index is -0.898. The highest BCUT2D eigenvalue weighted by Crippen LogP contribution is 2.20. The number of amidine groups is 2. The number of hydrogen-bond donors (Lipinski definition) is 1. The van der Waals surface area contributed by atoms with Gasteiger partial charge in [-0.05, 0) is 25.0 Å². The van der Waals surface area contributed by atoms with Gasteiger partial charge in [-0.1, -0.05) is 25.1 Å². The third-order valence-electron chi connectivity index (χ3n) is 4.86. The van der Waals surface area contributed by atoms with Gasteiger partial charge in [0, 0.05) is 19.1 Å². The molecule has 1 saturated heterocycles. The van der Waals surface area contributed by atoms with E-state index in [4.69, 9.17) is 9.47 Å². The Bertz CT molecular complexity index is 866. The van der Waals surface area contributed by atoms with Gasteiger partial charge in [0.1, 0.15) is 25.0 Å². The van der Waals surface area contributed by atoms with E-state index in [9.17, 15) is 14.7 Å². The maximum Gasteiger partial charge on any atom is 0.496 e. The van der Waals surface area contributed by atoms with Crippen LogP contribution in [-0.2, 0) is 9.53 Å². The quantitative estimate of drug-likeness (QED) is 0.681. The molecule has 1 N–H and O–H groups in total. The predicted octanol–water partition coefficient (Wildman–Crippen LogP) is 0.834. The van der Waals surface area contributed by atoms with Crippen LogP contribution >= 0.6 is 0 Å². The maximum absolute atomic E-state index is 12.8. The van der Waals surface area contributed by atoms with E-state index in [1.54, 1.807) is 11.6 Å². The number of para-hydroxylation sites is 1. The number of nitrogens with zero attached hydrogens (tertiary/aromatic N) is 4. The van der Waals surface area contributed by atoms with E-state index in [2.05, 4.69) is 4.99 Å². The number of carbonyl (C=O) groups is 2. The molecule has 1 fully saturated rings. The maximum atomic E-state index is 12.8. The minimum Gasteiger partial charge on any atom is -0.490 e. The molecule has 2 atom stereocenters. The number of carbonyl (C=O) groups excluding carboxylic acids is 2. The van der Waals surface area contributed by atoms with Gasteiger partial charge in [0.2, 0.25) is 0 Å². The number of benzene rings is 1. The number of amides is 3. The van der Waals surface area contributed by atoms with E-state index < -0.39 is 24.1 Å². The zero-order chi connectivity index (χ0) is 21.1. The lowest BCUT2D eigenvalue weighted by molar-refractivity contribution is -0.551. The third-order valence-corrected chi connectivity index (χ3v) is 4.86. The summed E-state index contributed by atoms with van der Waals surface area (Å²) >= 11 is 0. The summed E-state index contributed by atoms with van der Waals surface area (Å²) in [6, 6.07) is 6.50. The molecule has 1 aromatic rings. The molecule has 9 nitrogen and oxygen atoms in total. The highest BCUT2D eigenvalue weighted by Gasteiger charge is 2.54. The van der Waals surface area contributed by atoms with Crippen LogP contribution in [0.25, 0.3) is 0 Å². The zero-order valence-electron chi connectivity index (χ0n) is 17.2. The topological polar surface area (TPSA) is 94.7 Å². The molecule has 2 aliphatic rings. The van der Waals surface area contributed by atoms with Gasteiger partial charge in [0.15, 0.2) is 0 Å². The lowest BCUT2D eigenvalue weighted by Gasteiger charge is -2.30. The molecule has 156 valence electrons. The smallest absolute Gasteiger partial charge is 0.490 e. The molecule has 29 heavy (non-hydrogen) atoms. The Morgan fingerprint density at radius 1 is 1.21 bits per heavy atom. The van der Waals surface area contributed by atoms with E-state index in [0.717, 1.165) is 16.9 Å². The van der Waals surface area contributed by atoms with Gasteiger partial charge in [-0.15, -0.1) is 0 Å². The molecule has 9 heteroatoms. The second-order valence-electron chi connectivity index (χ2n) is 7.13. The number of rotatable bonds is 7. The molecule has 0 radical (unpaired) electrons. The van der Waals surface area contributed by atoms with Gasteiger partial charge in [-0.25, -0.2) is 9.37 Å². The molecule has 2 aliphatic heterocycles. The number of aryl methyl sites for hydroxylation is 1. The molecule has 0 aromatic heterocycles. The number of β-amino-alcohol motifs (C(OH)–C–C–N with tert-alkyl or cyclic N) is 1. The largest absolute Gasteiger partial charge is 0.496 e. The number of imide groups is 1. The average molecular weight is 403 g/mol. The molecule has 3 amide bonds. The lowest BCUT2D eigenvalue weighted by Crippen LogP contribution is -2.62. The molecular formula is C20H27N4O5+. The van der Waals surface area contributed by atoms with Crippen molar-refractivity contribution in [2.45, 2.75) is 32.4 Å². The van der Waals surface area contributed by atoms with Gasteiger partial charge >= 0.3 is 12.1 Å². The predicted molar refractivity (Wildman–Crippen MR) is 106 cm³/mol. The van der Waals surface area contributed by atoms with Gasteiger partial charge in [-0.2, -0.15) is 0 Å². The number of fused-ring (bicyclic) bond motifs is 1. The highest BCUT2D eigenvalue weighted by atomic mass is 16.5. The van der Waals surface area contributed by atoms with Crippen molar-refractivity contribution >= 4 is 23.8 Å². The van der Waals surface area contributed by atoms with Crippen LogP contribution in [0.2, 0.25) is 0 Å². The van der Waals surface area contributed by atoms with E-state index >= 15 is 0 Å². The molecule has 0 saturated carbocycles. The Hall–Kier alpha value is -2.94. The number of urea groups is 1.